The van der Waals surface area contributed by atoms with Gasteiger partial charge in [0, 0.05) is 51.5 Å². The smallest absolute Gasteiger partial charge is 0.193 e. The third kappa shape index (κ3) is 5.86. The number of ether oxygens (including phenoxy) is 1. The van der Waals surface area contributed by atoms with Gasteiger partial charge in [0.15, 0.2) is 5.96 Å². The fourth-order valence-electron chi connectivity index (χ4n) is 3.97. The summed E-state index contributed by atoms with van der Waals surface area (Å²) in [5.41, 5.74) is 3.44. The van der Waals surface area contributed by atoms with Crippen LogP contribution < -0.4 is 5.32 Å². The second kappa shape index (κ2) is 11.3. The molecule has 2 heterocycles. The fraction of sp³-hybridized carbons (Fsp3) is 0.333. The molecule has 2 unspecified atom stereocenters. The van der Waals surface area contributed by atoms with Crippen molar-refractivity contribution in [2.24, 2.45) is 10.9 Å². The summed E-state index contributed by atoms with van der Waals surface area (Å²) < 4.78 is 7.92. The van der Waals surface area contributed by atoms with Gasteiger partial charge in [-0.2, -0.15) is 5.10 Å². The number of hydrogen-bond acceptors (Lipinski definition) is 3. The summed E-state index contributed by atoms with van der Waals surface area (Å²) in [6.07, 6.45) is 5.17. The molecule has 1 N–H and O–H groups in total. The van der Waals surface area contributed by atoms with Gasteiger partial charge in [-0.15, -0.1) is 24.0 Å². The van der Waals surface area contributed by atoms with Gasteiger partial charge in [-0.05, 0) is 24.1 Å². The molecule has 1 aliphatic heterocycles. The molecule has 7 heteroatoms. The molecule has 0 bridgehead atoms. The van der Waals surface area contributed by atoms with E-state index in [1.807, 2.05) is 54.3 Å². The highest BCUT2D eigenvalue weighted by Crippen LogP contribution is 2.33. The Labute approximate surface area is 201 Å². The van der Waals surface area contributed by atoms with Crippen LogP contribution in [0.4, 0.5) is 0 Å². The molecule has 0 radical (unpaired) electrons. The second-order valence-electron chi connectivity index (χ2n) is 7.66. The predicted octanol–water partition coefficient (Wildman–Crippen LogP) is 4.28. The van der Waals surface area contributed by atoms with Gasteiger partial charge in [0.25, 0.3) is 0 Å². The Hall–Kier alpha value is -2.39. The lowest BCUT2D eigenvalue weighted by Crippen LogP contribution is -2.41. The minimum atomic E-state index is 0. The third-order valence-corrected chi connectivity index (χ3v) is 5.51. The van der Waals surface area contributed by atoms with E-state index in [2.05, 4.69) is 57.8 Å². The van der Waals surface area contributed by atoms with Crippen LogP contribution in [0.15, 0.2) is 78.0 Å². The summed E-state index contributed by atoms with van der Waals surface area (Å²) in [5.74, 6) is 1.31. The first kappa shape index (κ1) is 23.3. The maximum atomic E-state index is 6.01. The average molecular weight is 531 g/mol. The molecular weight excluding hydrogens is 501 g/mol. The zero-order valence-corrected chi connectivity index (χ0v) is 20.3. The molecule has 1 aromatic heterocycles. The topological polar surface area (TPSA) is 54.7 Å². The number of hydrogen-bond donors (Lipinski definition) is 1. The molecule has 2 atom stereocenters. The number of nitrogens with one attached hydrogen (secondary N) is 1. The first-order chi connectivity index (χ1) is 14.7. The molecule has 1 fully saturated rings. The molecule has 3 aromatic rings. The molecular formula is C24H30IN5O. The van der Waals surface area contributed by atoms with Gasteiger partial charge in [0.05, 0.1) is 18.0 Å². The lowest BCUT2D eigenvalue weighted by molar-refractivity contribution is 0.0914. The van der Waals surface area contributed by atoms with E-state index in [9.17, 15) is 0 Å². The summed E-state index contributed by atoms with van der Waals surface area (Å²) in [6, 6.07) is 20.6. The highest BCUT2D eigenvalue weighted by molar-refractivity contribution is 14.0. The zero-order chi connectivity index (χ0) is 20.8. The van der Waals surface area contributed by atoms with Crippen LogP contribution >= 0.6 is 24.0 Å². The van der Waals surface area contributed by atoms with Crippen LogP contribution in [0, 0.1) is 5.92 Å². The average Bonchev–Trinajstić information content (AvgIpc) is 3.45. The van der Waals surface area contributed by atoms with Crippen LogP contribution in [0.2, 0.25) is 0 Å². The number of benzene rings is 2. The van der Waals surface area contributed by atoms with E-state index in [0.29, 0.717) is 5.92 Å². The van der Waals surface area contributed by atoms with E-state index in [4.69, 9.17) is 4.74 Å². The molecule has 2 aromatic carbocycles. The number of guanidine groups is 1. The Morgan fingerprint density at radius 3 is 2.58 bits per heavy atom. The molecule has 0 amide bonds. The molecule has 1 saturated heterocycles. The standard InChI is InChI=1S/C24H29N5O.HI/c1-25-24(26-16-21-13-14-30-23(21)20-9-5-3-6-10-20)28(2)17-19-15-27-29(18-19)22-11-7-4-8-12-22;/h3-12,15,18,21,23H,13-14,16-17H2,1-2H3,(H,25,26);1H. The summed E-state index contributed by atoms with van der Waals surface area (Å²) in [5, 5.41) is 8.03. The van der Waals surface area contributed by atoms with E-state index in [-0.39, 0.29) is 30.1 Å². The number of para-hydroxylation sites is 1. The van der Waals surface area contributed by atoms with Gasteiger partial charge in [0.1, 0.15) is 0 Å². The second-order valence-corrected chi connectivity index (χ2v) is 7.66. The van der Waals surface area contributed by atoms with E-state index in [1.54, 1.807) is 0 Å². The van der Waals surface area contributed by atoms with Gasteiger partial charge >= 0.3 is 0 Å². The lowest BCUT2D eigenvalue weighted by Gasteiger charge is -2.25. The Morgan fingerprint density at radius 1 is 1.16 bits per heavy atom. The van der Waals surface area contributed by atoms with E-state index in [0.717, 1.165) is 43.3 Å². The summed E-state index contributed by atoms with van der Waals surface area (Å²) in [7, 11) is 3.88. The minimum absolute atomic E-state index is 0. The predicted molar refractivity (Wildman–Crippen MR) is 135 cm³/mol. The van der Waals surface area contributed by atoms with Gasteiger partial charge in [0.2, 0.25) is 0 Å². The van der Waals surface area contributed by atoms with Crippen molar-refractivity contribution in [1.29, 1.82) is 0 Å². The highest BCUT2D eigenvalue weighted by atomic mass is 127. The summed E-state index contributed by atoms with van der Waals surface area (Å²) in [6.45, 7) is 2.37. The van der Waals surface area contributed by atoms with Crippen LogP contribution in [-0.2, 0) is 11.3 Å². The number of nitrogens with zero attached hydrogens (tertiary/aromatic N) is 4. The minimum Gasteiger partial charge on any atom is -0.373 e. The SMILES string of the molecule is CN=C(NCC1CCOC1c1ccccc1)N(C)Cc1cnn(-c2ccccc2)c1.I. The largest absolute Gasteiger partial charge is 0.373 e. The van der Waals surface area contributed by atoms with Gasteiger partial charge < -0.3 is 15.0 Å². The molecule has 4 rings (SSSR count). The van der Waals surface area contributed by atoms with Crippen molar-refractivity contribution in [1.82, 2.24) is 20.0 Å². The summed E-state index contributed by atoms with van der Waals surface area (Å²) >= 11 is 0. The maximum Gasteiger partial charge on any atom is 0.193 e. The molecule has 6 nitrogen and oxygen atoms in total. The van der Waals surface area contributed by atoms with Crippen LogP contribution in [0.1, 0.15) is 23.7 Å². The molecule has 164 valence electrons. The molecule has 31 heavy (non-hydrogen) atoms. The molecule has 1 aliphatic rings. The van der Waals surface area contributed by atoms with Crippen molar-refractivity contribution in [2.75, 3.05) is 27.2 Å². The van der Waals surface area contributed by atoms with E-state index < -0.39 is 0 Å². The van der Waals surface area contributed by atoms with Gasteiger partial charge in [-0.1, -0.05) is 48.5 Å². The monoisotopic (exact) mass is 531 g/mol. The van der Waals surface area contributed by atoms with Crippen molar-refractivity contribution in [2.45, 2.75) is 19.1 Å². The number of aromatic nitrogens is 2. The van der Waals surface area contributed by atoms with Crippen LogP contribution in [0.25, 0.3) is 5.69 Å². The van der Waals surface area contributed by atoms with Crippen molar-refractivity contribution in [3.8, 4) is 5.69 Å². The summed E-state index contributed by atoms with van der Waals surface area (Å²) in [4.78, 5) is 6.60. The van der Waals surface area contributed by atoms with Crippen molar-refractivity contribution >= 4 is 29.9 Å². The Kier molecular flexibility index (Phi) is 8.48. The van der Waals surface area contributed by atoms with Gasteiger partial charge in [-0.25, -0.2) is 4.68 Å². The van der Waals surface area contributed by atoms with Crippen molar-refractivity contribution < 1.29 is 4.74 Å². The van der Waals surface area contributed by atoms with Crippen molar-refractivity contribution in [3.63, 3.8) is 0 Å². The number of aliphatic imine (C=N–C) groups is 1. The van der Waals surface area contributed by atoms with Gasteiger partial charge in [-0.3, -0.25) is 4.99 Å². The number of rotatable bonds is 6. The lowest BCUT2D eigenvalue weighted by atomic mass is 9.95. The quantitative estimate of drug-likeness (QED) is 0.293. The van der Waals surface area contributed by atoms with E-state index in [1.165, 1.54) is 5.56 Å². The first-order valence-corrected chi connectivity index (χ1v) is 10.4. The van der Waals surface area contributed by atoms with E-state index >= 15 is 0 Å². The van der Waals surface area contributed by atoms with Crippen LogP contribution in [-0.4, -0.2) is 47.9 Å². The molecule has 0 aliphatic carbocycles. The Morgan fingerprint density at radius 2 is 1.87 bits per heavy atom. The van der Waals surface area contributed by atoms with Crippen LogP contribution in [0.3, 0.4) is 0 Å². The normalized spacial score (nSPS) is 18.5. The Balaban J connectivity index is 0.00000272. The maximum absolute atomic E-state index is 6.01. The first-order valence-electron chi connectivity index (χ1n) is 10.4. The highest BCUT2D eigenvalue weighted by Gasteiger charge is 2.29. The zero-order valence-electron chi connectivity index (χ0n) is 18.0. The fourth-order valence-corrected chi connectivity index (χ4v) is 3.97. The molecule has 0 saturated carbocycles. The van der Waals surface area contributed by atoms with Crippen LogP contribution in [0.5, 0.6) is 0 Å². The Bertz CT molecular complexity index is 960. The van der Waals surface area contributed by atoms with Crippen molar-refractivity contribution in [3.05, 3.63) is 84.2 Å². The third-order valence-electron chi connectivity index (χ3n) is 5.51. The number of halogens is 1. The molecule has 0 spiro atoms.